The number of nitrogens with zero attached hydrogens (tertiary/aromatic N) is 4. The first-order valence-electron chi connectivity index (χ1n) is 8.55. The fourth-order valence-corrected chi connectivity index (χ4v) is 3.10. The lowest BCUT2D eigenvalue weighted by Gasteiger charge is -2.33. The highest BCUT2D eigenvalue weighted by atomic mass is 16.5. The summed E-state index contributed by atoms with van der Waals surface area (Å²) in [4.78, 5) is 22.9. The molecule has 0 aromatic carbocycles. The van der Waals surface area contributed by atoms with Gasteiger partial charge >= 0.3 is 0 Å². The van der Waals surface area contributed by atoms with Gasteiger partial charge in [0.2, 0.25) is 5.89 Å². The molecule has 0 saturated carbocycles. The predicted molar refractivity (Wildman–Crippen MR) is 94.4 cm³/mol. The van der Waals surface area contributed by atoms with Gasteiger partial charge in [0.15, 0.2) is 5.82 Å². The van der Waals surface area contributed by atoms with Gasteiger partial charge in [-0.05, 0) is 30.9 Å². The van der Waals surface area contributed by atoms with E-state index in [1.54, 1.807) is 19.2 Å². The molecule has 25 heavy (non-hydrogen) atoms. The number of rotatable bonds is 6. The van der Waals surface area contributed by atoms with Crippen molar-refractivity contribution in [2.24, 2.45) is 5.92 Å². The van der Waals surface area contributed by atoms with Crippen LogP contribution in [-0.4, -0.2) is 40.7 Å². The van der Waals surface area contributed by atoms with E-state index in [2.05, 4.69) is 31.9 Å². The predicted octanol–water partition coefficient (Wildman–Crippen LogP) is 2.15. The van der Waals surface area contributed by atoms with Gasteiger partial charge in [0, 0.05) is 39.2 Å². The number of hydrogen-bond acceptors (Lipinski definition) is 6. The largest absolute Gasteiger partial charge is 0.356 e. The number of hydrogen-bond donors (Lipinski definition) is 1. The van der Waals surface area contributed by atoms with Crippen LogP contribution < -0.4 is 10.2 Å². The summed E-state index contributed by atoms with van der Waals surface area (Å²) in [6, 6.07) is 3.72. The molecule has 1 atom stereocenters. The van der Waals surface area contributed by atoms with Gasteiger partial charge in [0.25, 0.3) is 5.91 Å². The Morgan fingerprint density at radius 2 is 2.40 bits per heavy atom. The first kappa shape index (κ1) is 17.1. The van der Waals surface area contributed by atoms with Gasteiger partial charge in [-0.1, -0.05) is 11.2 Å². The minimum atomic E-state index is -0.136. The van der Waals surface area contributed by atoms with Gasteiger partial charge in [-0.2, -0.15) is 4.98 Å². The molecule has 0 spiro atoms. The van der Waals surface area contributed by atoms with Crippen LogP contribution in [0.15, 0.2) is 35.5 Å². The molecule has 3 rings (SSSR count). The van der Waals surface area contributed by atoms with Crippen molar-refractivity contribution in [1.29, 1.82) is 0 Å². The Morgan fingerprint density at radius 3 is 3.08 bits per heavy atom. The second kappa shape index (κ2) is 7.92. The molecule has 2 aromatic heterocycles. The highest BCUT2D eigenvalue weighted by Gasteiger charge is 2.23. The first-order valence-corrected chi connectivity index (χ1v) is 8.55. The highest BCUT2D eigenvalue weighted by Crippen LogP contribution is 2.23. The van der Waals surface area contributed by atoms with E-state index in [0.29, 0.717) is 23.9 Å². The van der Waals surface area contributed by atoms with Crippen molar-refractivity contribution in [1.82, 2.24) is 20.4 Å². The molecule has 2 aromatic rings. The molecule has 7 heteroatoms. The maximum absolute atomic E-state index is 11.9. The van der Waals surface area contributed by atoms with Crippen LogP contribution in [0.25, 0.3) is 0 Å². The maximum Gasteiger partial charge on any atom is 0.253 e. The van der Waals surface area contributed by atoms with E-state index in [-0.39, 0.29) is 5.91 Å². The zero-order chi connectivity index (χ0) is 17.6. The van der Waals surface area contributed by atoms with Gasteiger partial charge in [-0.15, -0.1) is 6.58 Å². The van der Waals surface area contributed by atoms with Gasteiger partial charge in [0.1, 0.15) is 5.82 Å². The molecule has 1 N–H and O–H groups in total. The van der Waals surface area contributed by atoms with Crippen LogP contribution in [0.1, 0.15) is 34.9 Å². The summed E-state index contributed by atoms with van der Waals surface area (Å²) >= 11 is 0. The fraction of sp³-hybridized carbons (Fsp3) is 0.444. The third kappa shape index (κ3) is 4.43. The second-order valence-corrected chi connectivity index (χ2v) is 6.29. The van der Waals surface area contributed by atoms with Gasteiger partial charge in [-0.3, -0.25) is 4.79 Å². The van der Waals surface area contributed by atoms with Crippen molar-refractivity contribution in [2.75, 3.05) is 24.5 Å². The Balaban J connectivity index is 1.61. The van der Waals surface area contributed by atoms with Crippen molar-refractivity contribution >= 4 is 11.7 Å². The molecule has 1 fully saturated rings. The number of aromatic nitrogens is 3. The van der Waals surface area contributed by atoms with E-state index in [1.807, 2.05) is 12.1 Å². The van der Waals surface area contributed by atoms with Crippen LogP contribution in [0.5, 0.6) is 0 Å². The first-order chi connectivity index (χ1) is 12.2. The number of anilines is 1. The van der Waals surface area contributed by atoms with Crippen LogP contribution in [0.3, 0.4) is 0 Å². The van der Waals surface area contributed by atoms with Crippen molar-refractivity contribution in [3.8, 4) is 0 Å². The third-order valence-corrected chi connectivity index (χ3v) is 4.30. The second-order valence-electron chi connectivity index (χ2n) is 6.29. The molecular formula is C18H23N5O2. The molecule has 0 radical (unpaired) electrons. The summed E-state index contributed by atoms with van der Waals surface area (Å²) in [5, 5.41) is 6.74. The Kier molecular flexibility index (Phi) is 5.42. The molecule has 0 bridgehead atoms. The topological polar surface area (TPSA) is 84.2 Å². The van der Waals surface area contributed by atoms with Crippen molar-refractivity contribution in [3.63, 3.8) is 0 Å². The Bertz CT molecular complexity index is 725. The zero-order valence-corrected chi connectivity index (χ0v) is 14.4. The molecule has 0 unspecified atom stereocenters. The molecule has 1 saturated heterocycles. The minimum Gasteiger partial charge on any atom is -0.356 e. The lowest BCUT2D eigenvalue weighted by molar-refractivity contribution is 0.0957. The third-order valence-electron chi connectivity index (χ3n) is 4.30. The van der Waals surface area contributed by atoms with Crippen LogP contribution in [0, 0.1) is 12.8 Å². The van der Waals surface area contributed by atoms with Gasteiger partial charge < -0.3 is 14.7 Å². The Morgan fingerprint density at radius 1 is 1.52 bits per heavy atom. The van der Waals surface area contributed by atoms with E-state index in [0.717, 1.165) is 44.0 Å². The fourth-order valence-electron chi connectivity index (χ4n) is 3.10. The maximum atomic E-state index is 11.9. The van der Waals surface area contributed by atoms with E-state index < -0.39 is 0 Å². The molecule has 7 nitrogen and oxygen atoms in total. The standard InChI is InChI=1S/C18H23N5O2/c1-3-8-19-18(24)15-6-7-17(20-11-15)23-9-4-5-14(12-23)10-16-21-13(2)25-22-16/h3,6-7,11,14H,1,4-5,8-10,12H2,2H3,(H,19,24)/t14-/m1/s1. The Labute approximate surface area is 147 Å². The summed E-state index contributed by atoms with van der Waals surface area (Å²) in [6.45, 7) is 7.72. The number of pyridine rings is 1. The van der Waals surface area contributed by atoms with E-state index in [9.17, 15) is 4.79 Å². The zero-order valence-electron chi connectivity index (χ0n) is 14.4. The SMILES string of the molecule is C=CCNC(=O)c1ccc(N2CCC[C@H](Cc3noc(C)n3)C2)nc1. The van der Waals surface area contributed by atoms with Crippen LogP contribution in [0.2, 0.25) is 0 Å². The average molecular weight is 341 g/mol. The lowest BCUT2D eigenvalue weighted by atomic mass is 9.94. The molecule has 1 aliphatic rings. The summed E-state index contributed by atoms with van der Waals surface area (Å²) in [7, 11) is 0. The summed E-state index contributed by atoms with van der Waals surface area (Å²) in [6.07, 6.45) is 6.34. The average Bonchev–Trinajstić information content (AvgIpc) is 3.05. The molecule has 1 amide bonds. The van der Waals surface area contributed by atoms with Crippen LogP contribution in [0.4, 0.5) is 5.82 Å². The van der Waals surface area contributed by atoms with E-state index in [4.69, 9.17) is 4.52 Å². The molecule has 0 aliphatic carbocycles. The number of aryl methyl sites for hydroxylation is 1. The van der Waals surface area contributed by atoms with Crippen molar-refractivity contribution < 1.29 is 9.32 Å². The molecule has 132 valence electrons. The van der Waals surface area contributed by atoms with Crippen LogP contribution in [-0.2, 0) is 6.42 Å². The molecular weight excluding hydrogens is 318 g/mol. The Hall–Kier alpha value is -2.70. The number of piperidine rings is 1. The number of amides is 1. The van der Waals surface area contributed by atoms with Gasteiger partial charge in [-0.25, -0.2) is 4.98 Å². The smallest absolute Gasteiger partial charge is 0.253 e. The number of carbonyl (C=O) groups is 1. The monoisotopic (exact) mass is 341 g/mol. The number of nitrogens with one attached hydrogen (secondary N) is 1. The van der Waals surface area contributed by atoms with Crippen LogP contribution >= 0.6 is 0 Å². The van der Waals surface area contributed by atoms with Crippen molar-refractivity contribution in [2.45, 2.75) is 26.2 Å². The molecule has 3 heterocycles. The normalized spacial score (nSPS) is 17.3. The quantitative estimate of drug-likeness (QED) is 0.811. The van der Waals surface area contributed by atoms with E-state index in [1.165, 1.54) is 0 Å². The lowest BCUT2D eigenvalue weighted by Crippen LogP contribution is -2.37. The van der Waals surface area contributed by atoms with E-state index >= 15 is 0 Å². The minimum absolute atomic E-state index is 0.136. The highest BCUT2D eigenvalue weighted by molar-refractivity contribution is 5.94. The molecule has 1 aliphatic heterocycles. The van der Waals surface area contributed by atoms with Gasteiger partial charge in [0.05, 0.1) is 5.56 Å². The summed E-state index contributed by atoms with van der Waals surface area (Å²) in [5.74, 6) is 2.61. The van der Waals surface area contributed by atoms with Crippen molar-refractivity contribution in [3.05, 3.63) is 48.3 Å². The summed E-state index contributed by atoms with van der Waals surface area (Å²) < 4.78 is 5.05. The number of carbonyl (C=O) groups excluding carboxylic acids is 1. The summed E-state index contributed by atoms with van der Waals surface area (Å²) in [5.41, 5.74) is 0.557.